The van der Waals surface area contributed by atoms with Crippen molar-refractivity contribution in [3.05, 3.63) is 58.7 Å². The van der Waals surface area contributed by atoms with Crippen LogP contribution in [0.1, 0.15) is 25.7 Å². The Hall–Kier alpha value is -2.18. The lowest BCUT2D eigenvalue weighted by Gasteiger charge is -2.20. The van der Waals surface area contributed by atoms with Gasteiger partial charge in [0, 0.05) is 23.9 Å². The lowest BCUT2D eigenvalue weighted by Crippen LogP contribution is -2.26. The van der Waals surface area contributed by atoms with Crippen LogP contribution < -0.4 is 5.56 Å². The van der Waals surface area contributed by atoms with Gasteiger partial charge < -0.3 is 0 Å². The molecule has 2 aromatic heterocycles. The number of fused-ring (bicyclic) bond motifs is 1. The van der Waals surface area contributed by atoms with Gasteiger partial charge in [-0.05, 0) is 18.4 Å². The number of aromatic nitrogens is 2. The van der Waals surface area contributed by atoms with Gasteiger partial charge in [0.25, 0.3) is 5.56 Å². The van der Waals surface area contributed by atoms with Crippen LogP contribution in [0.5, 0.6) is 0 Å². The molecule has 1 aliphatic carbocycles. The molecule has 0 bridgehead atoms. The molecule has 27 heavy (non-hydrogen) atoms. The van der Waals surface area contributed by atoms with Crippen LogP contribution in [0.2, 0.25) is 0 Å². The predicted molar refractivity (Wildman–Crippen MR) is 113 cm³/mol. The molecular weight excluding hydrogens is 376 g/mol. The van der Waals surface area contributed by atoms with Crippen molar-refractivity contribution in [2.24, 2.45) is 0 Å². The first-order valence-corrected chi connectivity index (χ1v) is 10.8. The van der Waals surface area contributed by atoms with E-state index in [9.17, 15) is 9.59 Å². The van der Waals surface area contributed by atoms with Crippen molar-refractivity contribution in [3.8, 4) is 11.1 Å². The van der Waals surface area contributed by atoms with Gasteiger partial charge in [0.2, 0.25) is 0 Å². The van der Waals surface area contributed by atoms with Gasteiger partial charge in [0.1, 0.15) is 10.6 Å². The summed E-state index contributed by atoms with van der Waals surface area (Å²) >= 11 is 2.91. The summed E-state index contributed by atoms with van der Waals surface area (Å²) in [6, 6.07) is 9.90. The first-order valence-electron chi connectivity index (χ1n) is 9.06. The van der Waals surface area contributed by atoms with E-state index in [1.165, 1.54) is 23.1 Å². The first-order chi connectivity index (χ1) is 13.2. The van der Waals surface area contributed by atoms with E-state index in [-0.39, 0.29) is 16.6 Å². The number of thiophene rings is 1. The lowest BCUT2D eigenvalue weighted by atomic mass is 9.99. The number of rotatable bonds is 5. The summed E-state index contributed by atoms with van der Waals surface area (Å²) in [5.41, 5.74) is 1.86. The quantitative estimate of drug-likeness (QED) is 0.454. The number of carbonyl (C=O) groups is 1. The lowest BCUT2D eigenvalue weighted by molar-refractivity contribution is -0.119. The van der Waals surface area contributed by atoms with Crippen molar-refractivity contribution in [1.82, 2.24) is 9.55 Å². The van der Waals surface area contributed by atoms with E-state index in [1.54, 1.807) is 10.6 Å². The van der Waals surface area contributed by atoms with Gasteiger partial charge in [-0.1, -0.05) is 54.6 Å². The fraction of sp³-hybridized carbons (Fsp3) is 0.286. The summed E-state index contributed by atoms with van der Waals surface area (Å²) < 4.78 is 1.65. The van der Waals surface area contributed by atoms with E-state index < -0.39 is 0 Å². The average Bonchev–Trinajstić information content (AvgIpc) is 3.11. The third kappa shape index (κ3) is 3.51. The molecule has 0 saturated heterocycles. The number of Topliss-reactive ketones (excluding diaryl/α,β-unsaturated/α-hetero) is 1. The van der Waals surface area contributed by atoms with Crippen molar-refractivity contribution in [1.29, 1.82) is 0 Å². The minimum atomic E-state index is -0.104. The van der Waals surface area contributed by atoms with Crippen LogP contribution in [0.25, 0.3) is 21.3 Å². The van der Waals surface area contributed by atoms with Gasteiger partial charge in [0.15, 0.2) is 5.16 Å². The van der Waals surface area contributed by atoms with Crippen LogP contribution in [-0.2, 0) is 11.3 Å². The second kappa shape index (κ2) is 7.82. The van der Waals surface area contributed by atoms with E-state index in [4.69, 9.17) is 4.98 Å². The summed E-state index contributed by atoms with van der Waals surface area (Å²) in [5, 5.41) is 3.15. The molecule has 4 nitrogen and oxygen atoms in total. The number of thioether (sulfide) groups is 1. The maximum atomic E-state index is 13.3. The monoisotopic (exact) mass is 396 g/mol. The molecule has 6 heteroatoms. The highest BCUT2D eigenvalue weighted by Crippen LogP contribution is 2.34. The standard InChI is InChI=1S/C21H20N2O2S2/c1-2-12-23-20(25)18-15(14-8-4-3-5-9-14)13-26-19(18)22-21(23)27-17-11-7-6-10-16(17)24/h2-5,8-9,13,17H,1,6-7,10-12H2/t17-/m1/s1. The molecule has 0 amide bonds. The summed E-state index contributed by atoms with van der Waals surface area (Å²) in [4.78, 5) is 31.1. The van der Waals surface area contributed by atoms with Gasteiger partial charge in [-0.2, -0.15) is 0 Å². The number of hydrogen-bond acceptors (Lipinski definition) is 5. The van der Waals surface area contributed by atoms with Crippen LogP contribution in [0.4, 0.5) is 0 Å². The third-order valence-electron chi connectivity index (χ3n) is 4.80. The van der Waals surface area contributed by atoms with Gasteiger partial charge in [0.05, 0.1) is 10.6 Å². The Bertz CT molecular complexity index is 1050. The Morgan fingerprint density at radius 1 is 1.26 bits per heavy atom. The molecule has 1 atom stereocenters. The molecule has 0 unspecified atom stereocenters. The average molecular weight is 397 g/mol. The minimum Gasteiger partial charge on any atom is -0.298 e. The summed E-state index contributed by atoms with van der Waals surface area (Å²) in [6.45, 7) is 4.17. The molecule has 0 aliphatic heterocycles. The van der Waals surface area contributed by atoms with E-state index in [1.807, 2.05) is 35.7 Å². The zero-order valence-electron chi connectivity index (χ0n) is 14.9. The number of ketones is 1. The number of nitrogens with zero attached hydrogens (tertiary/aromatic N) is 2. The maximum absolute atomic E-state index is 13.3. The molecule has 1 saturated carbocycles. The summed E-state index contributed by atoms with van der Waals surface area (Å²) in [7, 11) is 0. The summed E-state index contributed by atoms with van der Waals surface area (Å²) in [5.74, 6) is 0.266. The molecule has 0 N–H and O–H groups in total. The largest absolute Gasteiger partial charge is 0.298 e. The maximum Gasteiger partial charge on any atom is 0.263 e. The van der Waals surface area contributed by atoms with Gasteiger partial charge >= 0.3 is 0 Å². The van der Waals surface area contributed by atoms with Crippen molar-refractivity contribution >= 4 is 39.1 Å². The molecule has 3 aromatic rings. The van der Waals surface area contributed by atoms with Gasteiger partial charge in [-0.25, -0.2) is 4.98 Å². The minimum absolute atomic E-state index is 0.0641. The molecular formula is C21H20N2O2S2. The second-order valence-electron chi connectivity index (χ2n) is 6.61. The van der Waals surface area contributed by atoms with Crippen LogP contribution in [0.3, 0.4) is 0 Å². The molecule has 0 spiro atoms. The van der Waals surface area contributed by atoms with Crippen molar-refractivity contribution in [2.75, 3.05) is 0 Å². The highest BCUT2D eigenvalue weighted by Gasteiger charge is 2.26. The molecule has 2 heterocycles. The molecule has 0 radical (unpaired) electrons. The Kier molecular flexibility index (Phi) is 5.27. The molecule has 1 aromatic carbocycles. The van der Waals surface area contributed by atoms with Crippen molar-refractivity contribution in [3.63, 3.8) is 0 Å². The topological polar surface area (TPSA) is 52.0 Å². The SMILES string of the molecule is C=CCn1c(S[C@@H]2CCCCC2=O)nc2scc(-c3ccccc3)c2c1=O. The number of hydrogen-bond donors (Lipinski definition) is 0. The Balaban J connectivity index is 1.83. The van der Waals surface area contributed by atoms with Gasteiger partial charge in [-0.3, -0.25) is 14.2 Å². The van der Waals surface area contributed by atoms with Crippen molar-refractivity contribution < 1.29 is 4.79 Å². The smallest absolute Gasteiger partial charge is 0.263 e. The van der Waals surface area contributed by atoms with Crippen LogP contribution >= 0.6 is 23.1 Å². The molecule has 1 fully saturated rings. The highest BCUT2D eigenvalue weighted by atomic mass is 32.2. The van der Waals surface area contributed by atoms with E-state index in [0.29, 0.717) is 23.5 Å². The number of allylic oxidation sites excluding steroid dienone is 1. The zero-order chi connectivity index (χ0) is 18.8. The molecule has 1 aliphatic rings. The number of benzene rings is 1. The zero-order valence-corrected chi connectivity index (χ0v) is 16.5. The molecule has 4 rings (SSSR count). The Morgan fingerprint density at radius 2 is 2.07 bits per heavy atom. The Morgan fingerprint density at radius 3 is 2.81 bits per heavy atom. The van der Waals surface area contributed by atoms with E-state index >= 15 is 0 Å². The Labute approximate surface area is 165 Å². The fourth-order valence-electron chi connectivity index (χ4n) is 3.42. The first kappa shape index (κ1) is 18.2. The second-order valence-corrected chi connectivity index (χ2v) is 8.64. The molecule has 138 valence electrons. The highest BCUT2D eigenvalue weighted by molar-refractivity contribution is 8.00. The van der Waals surface area contributed by atoms with Crippen LogP contribution in [-0.4, -0.2) is 20.6 Å². The third-order valence-corrected chi connectivity index (χ3v) is 6.98. The number of carbonyl (C=O) groups excluding carboxylic acids is 1. The van der Waals surface area contributed by atoms with E-state index in [2.05, 4.69) is 6.58 Å². The fourth-order valence-corrected chi connectivity index (χ4v) is 5.63. The predicted octanol–water partition coefficient (Wildman–Crippen LogP) is 4.91. The van der Waals surface area contributed by atoms with Crippen LogP contribution in [0, 0.1) is 0 Å². The van der Waals surface area contributed by atoms with Gasteiger partial charge in [-0.15, -0.1) is 17.9 Å². The van der Waals surface area contributed by atoms with E-state index in [0.717, 1.165) is 35.2 Å². The van der Waals surface area contributed by atoms with Crippen molar-refractivity contribution in [2.45, 2.75) is 42.6 Å². The summed E-state index contributed by atoms with van der Waals surface area (Å²) in [6.07, 6.45) is 5.20. The van der Waals surface area contributed by atoms with Crippen LogP contribution in [0.15, 0.2) is 58.3 Å². The normalized spacial score (nSPS) is 17.3.